The summed E-state index contributed by atoms with van der Waals surface area (Å²) in [5.74, 6) is 1.50. The van der Waals surface area contributed by atoms with Gasteiger partial charge in [0.05, 0.1) is 14.2 Å². The first-order valence-electron chi connectivity index (χ1n) is 7.30. The quantitative estimate of drug-likeness (QED) is 0.858. The molecule has 0 radical (unpaired) electrons. The SMILES string of the molecule is CCCC1CN(Cc2nccc(OC)c2OC)CCN1. The molecule has 0 aromatic carbocycles. The van der Waals surface area contributed by atoms with Gasteiger partial charge in [0.2, 0.25) is 0 Å². The van der Waals surface area contributed by atoms with Crippen molar-refractivity contribution in [3.8, 4) is 11.5 Å². The second-order valence-corrected chi connectivity index (χ2v) is 5.17. The average Bonchev–Trinajstić information content (AvgIpc) is 2.47. The van der Waals surface area contributed by atoms with E-state index >= 15 is 0 Å². The van der Waals surface area contributed by atoms with Crippen LogP contribution in [-0.4, -0.2) is 49.8 Å². The van der Waals surface area contributed by atoms with E-state index in [1.165, 1.54) is 12.8 Å². The maximum atomic E-state index is 5.45. The van der Waals surface area contributed by atoms with Crippen molar-refractivity contribution in [3.63, 3.8) is 0 Å². The number of hydrogen-bond acceptors (Lipinski definition) is 5. The van der Waals surface area contributed by atoms with E-state index in [2.05, 4.69) is 22.1 Å². The molecule has 1 aromatic rings. The molecule has 1 aromatic heterocycles. The van der Waals surface area contributed by atoms with Crippen molar-refractivity contribution in [1.29, 1.82) is 0 Å². The van der Waals surface area contributed by atoms with Crippen LogP contribution in [0.15, 0.2) is 12.3 Å². The number of nitrogens with one attached hydrogen (secondary N) is 1. The molecule has 20 heavy (non-hydrogen) atoms. The highest BCUT2D eigenvalue weighted by Gasteiger charge is 2.21. The Bertz CT molecular complexity index is 424. The van der Waals surface area contributed by atoms with Gasteiger partial charge in [-0.05, 0) is 6.42 Å². The van der Waals surface area contributed by atoms with E-state index in [9.17, 15) is 0 Å². The summed E-state index contributed by atoms with van der Waals surface area (Å²) in [5, 5.41) is 3.57. The van der Waals surface area contributed by atoms with E-state index in [4.69, 9.17) is 9.47 Å². The first-order valence-corrected chi connectivity index (χ1v) is 7.30. The van der Waals surface area contributed by atoms with E-state index < -0.39 is 0 Å². The predicted molar refractivity (Wildman–Crippen MR) is 79.3 cm³/mol. The van der Waals surface area contributed by atoms with E-state index in [0.717, 1.165) is 43.4 Å². The standard InChI is InChI=1S/C15H25N3O2/c1-4-5-12-10-18(9-8-16-12)11-13-15(20-3)14(19-2)6-7-17-13/h6-7,12,16H,4-5,8-11H2,1-3H3. The lowest BCUT2D eigenvalue weighted by atomic mass is 10.1. The normalized spacial score (nSPS) is 19.9. The van der Waals surface area contributed by atoms with Gasteiger partial charge < -0.3 is 14.8 Å². The number of hydrogen-bond donors (Lipinski definition) is 1. The molecule has 5 heteroatoms. The summed E-state index contributed by atoms with van der Waals surface area (Å²) in [6.07, 6.45) is 4.22. The Morgan fingerprint density at radius 1 is 1.40 bits per heavy atom. The van der Waals surface area contributed by atoms with Gasteiger partial charge in [-0.3, -0.25) is 9.88 Å². The number of ether oxygens (including phenoxy) is 2. The van der Waals surface area contributed by atoms with Gasteiger partial charge in [-0.1, -0.05) is 13.3 Å². The maximum absolute atomic E-state index is 5.45. The van der Waals surface area contributed by atoms with Crippen LogP contribution in [-0.2, 0) is 6.54 Å². The molecule has 0 aliphatic carbocycles. The molecule has 0 amide bonds. The summed E-state index contributed by atoms with van der Waals surface area (Å²) in [6.45, 7) is 6.19. The number of pyridine rings is 1. The first kappa shape index (κ1) is 15.1. The Balaban J connectivity index is 2.05. The lowest BCUT2D eigenvalue weighted by Crippen LogP contribution is -2.50. The van der Waals surface area contributed by atoms with Crippen LogP contribution in [0, 0.1) is 0 Å². The lowest BCUT2D eigenvalue weighted by molar-refractivity contribution is 0.182. The Hall–Kier alpha value is -1.33. The van der Waals surface area contributed by atoms with Crippen molar-refractivity contribution >= 4 is 0 Å². The molecular formula is C15H25N3O2. The first-order chi connectivity index (χ1) is 9.78. The van der Waals surface area contributed by atoms with E-state index in [1.807, 2.05) is 6.07 Å². The summed E-state index contributed by atoms with van der Waals surface area (Å²) in [4.78, 5) is 6.89. The highest BCUT2D eigenvalue weighted by atomic mass is 16.5. The summed E-state index contributed by atoms with van der Waals surface area (Å²) in [7, 11) is 3.32. The van der Waals surface area contributed by atoms with E-state index in [0.29, 0.717) is 6.04 Å². The van der Waals surface area contributed by atoms with Gasteiger partial charge >= 0.3 is 0 Å². The van der Waals surface area contributed by atoms with Crippen LogP contribution in [0.4, 0.5) is 0 Å². The number of methoxy groups -OCH3 is 2. The largest absolute Gasteiger partial charge is 0.493 e. The van der Waals surface area contributed by atoms with Crippen LogP contribution >= 0.6 is 0 Å². The van der Waals surface area contributed by atoms with E-state index in [1.54, 1.807) is 20.4 Å². The zero-order valence-electron chi connectivity index (χ0n) is 12.7. The van der Waals surface area contributed by atoms with Crippen molar-refractivity contribution in [1.82, 2.24) is 15.2 Å². The van der Waals surface area contributed by atoms with Crippen LogP contribution in [0.5, 0.6) is 11.5 Å². The minimum atomic E-state index is 0.588. The smallest absolute Gasteiger partial charge is 0.183 e. The van der Waals surface area contributed by atoms with E-state index in [-0.39, 0.29) is 0 Å². The van der Waals surface area contributed by atoms with Gasteiger partial charge in [0.1, 0.15) is 5.69 Å². The zero-order valence-corrected chi connectivity index (χ0v) is 12.7. The molecule has 1 unspecified atom stereocenters. The zero-order chi connectivity index (χ0) is 14.4. The average molecular weight is 279 g/mol. The number of rotatable bonds is 6. The molecule has 1 saturated heterocycles. The van der Waals surface area contributed by atoms with Gasteiger partial charge in [0.15, 0.2) is 11.5 Å². The van der Waals surface area contributed by atoms with Crippen molar-refractivity contribution in [2.75, 3.05) is 33.9 Å². The lowest BCUT2D eigenvalue weighted by Gasteiger charge is -2.33. The molecule has 1 atom stereocenters. The maximum Gasteiger partial charge on any atom is 0.183 e. The minimum absolute atomic E-state index is 0.588. The monoisotopic (exact) mass is 279 g/mol. The van der Waals surface area contributed by atoms with Crippen LogP contribution in [0.3, 0.4) is 0 Å². The molecule has 2 heterocycles. The summed E-state index contributed by atoms with van der Waals surface area (Å²) in [5.41, 5.74) is 0.948. The van der Waals surface area contributed by atoms with Crippen LogP contribution in [0.25, 0.3) is 0 Å². The molecule has 1 aliphatic heterocycles. The molecule has 1 aliphatic rings. The highest BCUT2D eigenvalue weighted by Crippen LogP contribution is 2.29. The third-order valence-electron chi connectivity index (χ3n) is 3.72. The van der Waals surface area contributed by atoms with Crippen molar-refractivity contribution in [2.45, 2.75) is 32.4 Å². The molecule has 0 saturated carbocycles. The van der Waals surface area contributed by atoms with Crippen LogP contribution in [0.1, 0.15) is 25.5 Å². The summed E-state index contributed by atoms with van der Waals surface area (Å²) in [6, 6.07) is 2.42. The van der Waals surface area contributed by atoms with Gasteiger partial charge in [0, 0.05) is 44.5 Å². The molecule has 1 N–H and O–H groups in total. The van der Waals surface area contributed by atoms with Crippen LogP contribution in [0.2, 0.25) is 0 Å². The fourth-order valence-electron chi connectivity index (χ4n) is 2.75. The molecule has 0 spiro atoms. The fourth-order valence-corrected chi connectivity index (χ4v) is 2.75. The third-order valence-corrected chi connectivity index (χ3v) is 3.72. The second-order valence-electron chi connectivity index (χ2n) is 5.17. The number of nitrogens with zero attached hydrogens (tertiary/aromatic N) is 2. The minimum Gasteiger partial charge on any atom is -0.493 e. The molecule has 112 valence electrons. The number of aromatic nitrogens is 1. The number of piperazine rings is 1. The van der Waals surface area contributed by atoms with Gasteiger partial charge in [-0.15, -0.1) is 0 Å². The van der Waals surface area contributed by atoms with Crippen molar-refractivity contribution in [2.24, 2.45) is 0 Å². The fraction of sp³-hybridized carbons (Fsp3) is 0.667. The molecule has 5 nitrogen and oxygen atoms in total. The second kappa shape index (κ2) is 7.45. The molecular weight excluding hydrogens is 254 g/mol. The Morgan fingerprint density at radius 2 is 2.25 bits per heavy atom. The highest BCUT2D eigenvalue weighted by molar-refractivity contribution is 5.42. The molecule has 2 rings (SSSR count). The van der Waals surface area contributed by atoms with Crippen LogP contribution < -0.4 is 14.8 Å². The Kier molecular flexibility index (Phi) is 5.61. The summed E-state index contributed by atoms with van der Waals surface area (Å²) >= 11 is 0. The van der Waals surface area contributed by atoms with Gasteiger partial charge in [-0.25, -0.2) is 0 Å². The Morgan fingerprint density at radius 3 is 2.95 bits per heavy atom. The molecule has 0 bridgehead atoms. The topological polar surface area (TPSA) is 46.6 Å². The summed E-state index contributed by atoms with van der Waals surface area (Å²) < 4.78 is 10.8. The van der Waals surface area contributed by atoms with Gasteiger partial charge in [-0.2, -0.15) is 0 Å². The van der Waals surface area contributed by atoms with Crippen molar-refractivity contribution < 1.29 is 9.47 Å². The molecule has 1 fully saturated rings. The Labute approximate surface area is 121 Å². The van der Waals surface area contributed by atoms with Gasteiger partial charge in [0.25, 0.3) is 0 Å². The van der Waals surface area contributed by atoms with Crippen molar-refractivity contribution in [3.05, 3.63) is 18.0 Å². The predicted octanol–water partition coefficient (Wildman–Crippen LogP) is 1.67. The third kappa shape index (κ3) is 3.61.